The average molecular weight is 554 g/mol. The highest BCUT2D eigenvalue weighted by molar-refractivity contribution is 5.94. The Kier molecular flexibility index (Phi) is 7.55. The number of benzene rings is 1. The number of urea groups is 1. The zero-order chi connectivity index (χ0) is 26.4. The van der Waals surface area contributed by atoms with Crippen LogP contribution in [0.5, 0.6) is 0 Å². The molecule has 206 valence electrons. The lowest BCUT2D eigenvalue weighted by atomic mass is 9.96. The van der Waals surface area contributed by atoms with Gasteiger partial charge in [0.25, 0.3) is 0 Å². The fourth-order valence-electron chi connectivity index (χ4n) is 5.57. The zero-order valence-corrected chi connectivity index (χ0v) is 23.1. The Bertz CT molecular complexity index is 1450. The maximum absolute atomic E-state index is 15.0. The van der Waals surface area contributed by atoms with Crippen molar-refractivity contribution in [2.45, 2.75) is 32.7 Å². The van der Waals surface area contributed by atoms with E-state index in [-0.39, 0.29) is 30.4 Å². The van der Waals surface area contributed by atoms with E-state index in [1.807, 2.05) is 28.1 Å². The third-order valence-corrected chi connectivity index (χ3v) is 7.85. The Labute approximate surface area is 232 Å². The summed E-state index contributed by atoms with van der Waals surface area (Å²) in [6.07, 6.45) is 7.06. The number of H-pyrrole nitrogens is 1. The third kappa shape index (κ3) is 5.08. The molecule has 6 rings (SSSR count). The quantitative estimate of drug-likeness (QED) is 0.381. The fourth-order valence-corrected chi connectivity index (χ4v) is 5.57. The lowest BCUT2D eigenvalue weighted by Crippen LogP contribution is -2.40. The number of fused-ring (bicyclic) bond motifs is 1. The van der Waals surface area contributed by atoms with Gasteiger partial charge >= 0.3 is 6.03 Å². The van der Waals surface area contributed by atoms with E-state index in [4.69, 9.17) is 4.98 Å². The van der Waals surface area contributed by atoms with Crippen molar-refractivity contribution in [3.05, 3.63) is 48.8 Å². The van der Waals surface area contributed by atoms with Crippen LogP contribution >= 0.6 is 12.4 Å². The van der Waals surface area contributed by atoms with Crippen molar-refractivity contribution in [2.75, 3.05) is 38.1 Å². The number of aromatic nitrogens is 6. The minimum atomic E-state index is -0.422. The first-order valence-electron chi connectivity index (χ1n) is 13.2. The predicted octanol–water partition coefficient (Wildman–Crippen LogP) is 4.35. The monoisotopic (exact) mass is 553 g/mol. The minimum Gasteiger partial charge on any atom is -0.322 e. The van der Waals surface area contributed by atoms with Crippen LogP contribution in [0.2, 0.25) is 0 Å². The number of amides is 2. The zero-order valence-electron chi connectivity index (χ0n) is 22.3. The lowest BCUT2D eigenvalue weighted by Gasteiger charge is -2.31. The van der Waals surface area contributed by atoms with Gasteiger partial charge in [-0.15, -0.1) is 12.4 Å². The van der Waals surface area contributed by atoms with Crippen molar-refractivity contribution in [3.8, 4) is 22.5 Å². The molecular formula is C27H33ClFN9O. The average Bonchev–Trinajstić information content (AvgIpc) is 3.65. The molecule has 10 nitrogen and oxygen atoms in total. The van der Waals surface area contributed by atoms with Crippen LogP contribution in [0.3, 0.4) is 0 Å². The van der Waals surface area contributed by atoms with Gasteiger partial charge in [-0.25, -0.2) is 23.7 Å². The number of hydrogen-bond donors (Lipinski definition) is 1. The molecule has 39 heavy (non-hydrogen) atoms. The molecule has 2 amide bonds. The Hall–Kier alpha value is -3.57. The molecule has 4 aromatic rings. The van der Waals surface area contributed by atoms with Gasteiger partial charge in [-0.3, -0.25) is 10.00 Å². The van der Waals surface area contributed by atoms with Crippen LogP contribution in [0, 0.1) is 17.7 Å². The molecule has 5 heterocycles. The van der Waals surface area contributed by atoms with Crippen molar-refractivity contribution in [1.29, 1.82) is 0 Å². The standard InChI is InChI=1S/C27H32FN9O.ClH/c1-17(2)23-15-35(14-18-6-9-34(3)10-7-18)27(38)37(23)24-8-11-36-26(32-24)21(13-31-36)19-4-5-20(22(28)12-19)25-29-16-30-33-25;/h4-5,8,11-13,16-18,23H,6-7,9-10,14-15H2,1-3H3,(H,29,30,33);1H/t23-;/m1./s1. The van der Waals surface area contributed by atoms with E-state index in [1.165, 1.54) is 12.4 Å². The molecule has 2 saturated heterocycles. The van der Waals surface area contributed by atoms with Gasteiger partial charge in [0.1, 0.15) is 18.0 Å². The Morgan fingerprint density at radius 2 is 1.95 bits per heavy atom. The summed E-state index contributed by atoms with van der Waals surface area (Å²) in [5, 5.41) is 10.9. The molecule has 3 aromatic heterocycles. The lowest BCUT2D eigenvalue weighted by molar-refractivity contribution is 0.173. The van der Waals surface area contributed by atoms with Gasteiger partial charge < -0.3 is 9.80 Å². The molecule has 0 radical (unpaired) electrons. The van der Waals surface area contributed by atoms with Crippen LogP contribution in [0.25, 0.3) is 28.2 Å². The van der Waals surface area contributed by atoms with Gasteiger partial charge in [0, 0.05) is 24.8 Å². The molecule has 0 aliphatic carbocycles. The smallest absolute Gasteiger partial charge is 0.322 e. The number of halogens is 2. The molecule has 1 aromatic carbocycles. The number of anilines is 1. The number of piperidine rings is 1. The number of hydrogen-bond acceptors (Lipinski definition) is 6. The maximum atomic E-state index is 15.0. The molecule has 1 N–H and O–H groups in total. The SMILES string of the molecule is CC(C)[C@H]1CN(CC2CCN(C)CC2)C(=O)N1c1ccn2ncc(-c3ccc(-c4ncn[nH]4)c(F)c3)c2n1.Cl. The largest absolute Gasteiger partial charge is 0.326 e. The first kappa shape index (κ1) is 27.0. The Morgan fingerprint density at radius 3 is 2.64 bits per heavy atom. The van der Waals surface area contributed by atoms with E-state index in [0.29, 0.717) is 46.4 Å². The van der Waals surface area contributed by atoms with Gasteiger partial charge in [-0.05, 0) is 68.6 Å². The molecule has 12 heteroatoms. The molecule has 0 spiro atoms. The highest BCUT2D eigenvalue weighted by atomic mass is 35.5. The summed E-state index contributed by atoms with van der Waals surface area (Å²) in [5.41, 5.74) is 2.23. The second-order valence-corrected chi connectivity index (χ2v) is 10.8. The molecule has 0 unspecified atom stereocenters. The molecule has 0 saturated carbocycles. The first-order valence-corrected chi connectivity index (χ1v) is 13.2. The van der Waals surface area contributed by atoms with Crippen LogP contribution in [0.4, 0.5) is 15.0 Å². The molecule has 2 aliphatic heterocycles. The Morgan fingerprint density at radius 1 is 1.15 bits per heavy atom. The fraction of sp³-hybridized carbons (Fsp3) is 0.444. The van der Waals surface area contributed by atoms with Gasteiger partial charge in [0.2, 0.25) is 0 Å². The molecule has 0 bridgehead atoms. The first-order chi connectivity index (χ1) is 18.4. The minimum absolute atomic E-state index is 0. The highest BCUT2D eigenvalue weighted by Gasteiger charge is 2.41. The van der Waals surface area contributed by atoms with E-state index < -0.39 is 5.82 Å². The maximum Gasteiger partial charge on any atom is 0.326 e. The van der Waals surface area contributed by atoms with Crippen molar-refractivity contribution < 1.29 is 9.18 Å². The van der Waals surface area contributed by atoms with E-state index in [2.05, 4.69) is 46.1 Å². The molecular weight excluding hydrogens is 521 g/mol. The summed E-state index contributed by atoms with van der Waals surface area (Å²) in [6.45, 7) is 7.91. The van der Waals surface area contributed by atoms with Crippen molar-refractivity contribution >= 4 is 29.9 Å². The summed E-state index contributed by atoms with van der Waals surface area (Å²) in [6, 6.07) is 6.79. The van der Waals surface area contributed by atoms with E-state index in [1.54, 1.807) is 16.8 Å². The van der Waals surface area contributed by atoms with Gasteiger partial charge in [-0.2, -0.15) is 10.2 Å². The number of carbonyl (C=O) groups excluding carboxylic acids is 1. The van der Waals surface area contributed by atoms with Crippen molar-refractivity contribution in [2.24, 2.45) is 11.8 Å². The molecule has 1 atom stereocenters. The van der Waals surface area contributed by atoms with Crippen LogP contribution in [0.1, 0.15) is 26.7 Å². The topological polar surface area (TPSA) is 98.5 Å². The summed E-state index contributed by atoms with van der Waals surface area (Å²) in [4.78, 5) is 28.8. The second kappa shape index (κ2) is 10.9. The van der Waals surface area contributed by atoms with Crippen molar-refractivity contribution in [3.63, 3.8) is 0 Å². The third-order valence-electron chi connectivity index (χ3n) is 7.85. The normalized spacial score (nSPS) is 18.9. The van der Waals surface area contributed by atoms with E-state index in [0.717, 1.165) is 32.5 Å². The van der Waals surface area contributed by atoms with Gasteiger partial charge in [-0.1, -0.05) is 19.9 Å². The van der Waals surface area contributed by atoms with Gasteiger partial charge in [0.15, 0.2) is 11.5 Å². The molecule has 2 fully saturated rings. The van der Waals surface area contributed by atoms with Gasteiger partial charge in [0.05, 0.1) is 17.8 Å². The summed E-state index contributed by atoms with van der Waals surface area (Å²) in [5.74, 6) is 1.32. The number of likely N-dealkylation sites (tertiary alicyclic amines) is 1. The van der Waals surface area contributed by atoms with Crippen LogP contribution < -0.4 is 4.90 Å². The summed E-state index contributed by atoms with van der Waals surface area (Å²) in [7, 11) is 2.15. The van der Waals surface area contributed by atoms with Crippen LogP contribution in [0.15, 0.2) is 43.0 Å². The van der Waals surface area contributed by atoms with E-state index >= 15 is 0 Å². The number of rotatable bonds is 6. The van der Waals surface area contributed by atoms with E-state index in [9.17, 15) is 9.18 Å². The number of nitrogens with one attached hydrogen (secondary N) is 1. The predicted molar refractivity (Wildman–Crippen MR) is 149 cm³/mol. The highest BCUT2D eigenvalue weighted by Crippen LogP contribution is 2.32. The number of nitrogens with zero attached hydrogens (tertiary/aromatic N) is 8. The summed E-state index contributed by atoms with van der Waals surface area (Å²) < 4.78 is 16.6. The second-order valence-electron chi connectivity index (χ2n) is 10.8. The van der Waals surface area contributed by atoms with Crippen molar-refractivity contribution in [1.82, 2.24) is 39.6 Å². The number of aromatic amines is 1. The van der Waals surface area contributed by atoms with Crippen LogP contribution in [-0.4, -0.2) is 84.9 Å². The van der Waals surface area contributed by atoms with Crippen LogP contribution in [-0.2, 0) is 0 Å². The Balaban J connectivity index is 0.00000308. The summed E-state index contributed by atoms with van der Waals surface area (Å²) >= 11 is 0. The molecule has 2 aliphatic rings. The number of carbonyl (C=O) groups is 1.